The number of ether oxygens (including phenoxy) is 1. The van der Waals surface area contributed by atoms with Crippen molar-refractivity contribution in [3.05, 3.63) is 69.9 Å². The predicted octanol–water partition coefficient (Wildman–Crippen LogP) is 5.32. The van der Waals surface area contributed by atoms with Crippen molar-refractivity contribution in [2.24, 2.45) is 0 Å². The molecule has 4 nitrogen and oxygen atoms in total. The van der Waals surface area contributed by atoms with Gasteiger partial charge in [0.1, 0.15) is 22.3 Å². The average Bonchev–Trinajstić information content (AvgIpc) is 3.15. The maximum Gasteiger partial charge on any atom is 0.271 e. The van der Waals surface area contributed by atoms with Gasteiger partial charge in [-0.1, -0.05) is 30.7 Å². The second kappa shape index (κ2) is 8.97. The lowest BCUT2D eigenvalue weighted by atomic mass is 10.2. The first kappa shape index (κ1) is 19.3. The third-order valence-corrected chi connectivity index (χ3v) is 4.94. The van der Waals surface area contributed by atoms with Crippen LogP contribution in [0.25, 0.3) is 10.6 Å². The Morgan fingerprint density at radius 2 is 2.04 bits per heavy atom. The van der Waals surface area contributed by atoms with Crippen LogP contribution in [0.3, 0.4) is 0 Å². The third kappa shape index (κ3) is 5.05. The van der Waals surface area contributed by atoms with Crippen LogP contribution in [0.2, 0.25) is 5.02 Å². The van der Waals surface area contributed by atoms with Gasteiger partial charge in [-0.2, -0.15) is 0 Å². The lowest BCUT2D eigenvalue weighted by molar-refractivity contribution is 0.0946. The Hall–Kier alpha value is -2.44. The predicted molar refractivity (Wildman–Crippen MR) is 106 cm³/mol. The molecule has 0 unspecified atom stereocenters. The Bertz CT molecular complexity index is 928. The number of rotatable bonds is 7. The fourth-order valence-electron chi connectivity index (χ4n) is 2.36. The van der Waals surface area contributed by atoms with Gasteiger partial charge in [0, 0.05) is 17.5 Å². The van der Waals surface area contributed by atoms with E-state index < -0.39 is 0 Å². The first-order valence-corrected chi connectivity index (χ1v) is 9.73. The van der Waals surface area contributed by atoms with Gasteiger partial charge in [-0.3, -0.25) is 4.79 Å². The van der Waals surface area contributed by atoms with E-state index in [1.54, 1.807) is 23.6 Å². The number of benzene rings is 2. The molecule has 7 heteroatoms. The van der Waals surface area contributed by atoms with Gasteiger partial charge in [-0.25, -0.2) is 9.37 Å². The number of nitrogens with zero attached hydrogens (tertiary/aromatic N) is 1. The van der Waals surface area contributed by atoms with E-state index in [1.807, 2.05) is 19.1 Å². The number of thiazole rings is 1. The molecule has 2 aromatic carbocycles. The van der Waals surface area contributed by atoms with Gasteiger partial charge in [-0.15, -0.1) is 11.3 Å². The van der Waals surface area contributed by atoms with Crippen molar-refractivity contribution >= 4 is 28.8 Å². The van der Waals surface area contributed by atoms with Gasteiger partial charge in [0.25, 0.3) is 5.91 Å². The number of amides is 1. The van der Waals surface area contributed by atoms with Crippen molar-refractivity contribution in [2.45, 2.75) is 19.9 Å². The smallest absolute Gasteiger partial charge is 0.271 e. The summed E-state index contributed by atoms with van der Waals surface area (Å²) >= 11 is 7.69. The van der Waals surface area contributed by atoms with Crippen LogP contribution in [0.4, 0.5) is 4.39 Å². The molecule has 27 heavy (non-hydrogen) atoms. The zero-order valence-electron chi connectivity index (χ0n) is 14.7. The molecule has 0 atom stereocenters. The molecular formula is C20H18ClFN2O2S. The quantitative estimate of drug-likeness (QED) is 0.579. The number of aromatic nitrogens is 1. The van der Waals surface area contributed by atoms with Crippen LogP contribution in [0.15, 0.2) is 47.8 Å². The summed E-state index contributed by atoms with van der Waals surface area (Å²) in [5.41, 5.74) is 1.88. The molecule has 3 rings (SSSR count). The Kier molecular flexibility index (Phi) is 6.42. The molecule has 0 radical (unpaired) electrons. The minimum atomic E-state index is -0.308. The van der Waals surface area contributed by atoms with Crippen LogP contribution in [0.1, 0.15) is 29.4 Å². The standard InChI is InChI=1S/C20H18ClFN2O2S/c1-2-9-26-15-7-8-16(17(21)10-15)20-24-18(12-27-20)19(25)23-11-13-3-5-14(22)6-4-13/h3-8,10,12H,2,9,11H2,1H3,(H,23,25). The molecule has 0 aliphatic heterocycles. The topological polar surface area (TPSA) is 51.2 Å². The largest absolute Gasteiger partial charge is 0.494 e. The van der Waals surface area contributed by atoms with E-state index in [0.29, 0.717) is 34.6 Å². The molecule has 0 bridgehead atoms. The number of carbonyl (C=O) groups is 1. The first-order valence-electron chi connectivity index (χ1n) is 8.47. The number of hydrogen-bond donors (Lipinski definition) is 1. The fourth-order valence-corrected chi connectivity index (χ4v) is 3.51. The Morgan fingerprint density at radius 3 is 2.74 bits per heavy atom. The first-order chi connectivity index (χ1) is 13.1. The third-order valence-electron chi connectivity index (χ3n) is 3.75. The molecule has 0 saturated heterocycles. The van der Waals surface area contributed by atoms with Crippen molar-refractivity contribution in [1.29, 1.82) is 0 Å². The number of hydrogen-bond acceptors (Lipinski definition) is 4. The maximum absolute atomic E-state index is 12.9. The van der Waals surface area contributed by atoms with Gasteiger partial charge < -0.3 is 10.1 Å². The molecule has 1 aromatic heterocycles. The zero-order chi connectivity index (χ0) is 19.2. The highest BCUT2D eigenvalue weighted by molar-refractivity contribution is 7.13. The lowest BCUT2D eigenvalue weighted by Crippen LogP contribution is -2.23. The van der Waals surface area contributed by atoms with Crippen LogP contribution in [0, 0.1) is 5.82 Å². The van der Waals surface area contributed by atoms with Crippen LogP contribution >= 0.6 is 22.9 Å². The summed E-state index contributed by atoms with van der Waals surface area (Å²) < 4.78 is 18.5. The van der Waals surface area contributed by atoms with E-state index in [-0.39, 0.29) is 11.7 Å². The highest BCUT2D eigenvalue weighted by atomic mass is 35.5. The van der Waals surface area contributed by atoms with Gasteiger partial charge in [0.05, 0.1) is 11.6 Å². The molecule has 1 amide bonds. The summed E-state index contributed by atoms with van der Waals surface area (Å²) in [4.78, 5) is 16.7. The van der Waals surface area contributed by atoms with E-state index in [0.717, 1.165) is 17.5 Å². The minimum absolute atomic E-state index is 0.291. The maximum atomic E-state index is 12.9. The summed E-state index contributed by atoms with van der Waals surface area (Å²) in [6.07, 6.45) is 0.919. The second-order valence-electron chi connectivity index (χ2n) is 5.84. The molecule has 0 fully saturated rings. The van der Waals surface area contributed by atoms with Crippen molar-refractivity contribution < 1.29 is 13.9 Å². The van der Waals surface area contributed by atoms with Crippen LogP contribution in [0.5, 0.6) is 5.75 Å². The Balaban J connectivity index is 1.66. The molecule has 140 valence electrons. The summed E-state index contributed by atoms with van der Waals surface area (Å²) in [6.45, 7) is 2.97. The van der Waals surface area contributed by atoms with Crippen LogP contribution in [-0.4, -0.2) is 17.5 Å². The minimum Gasteiger partial charge on any atom is -0.494 e. The zero-order valence-corrected chi connectivity index (χ0v) is 16.2. The van der Waals surface area contributed by atoms with Crippen molar-refractivity contribution in [3.63, 3.8) is 0 Å². The average molecular weight is 405 g/mol. The van der Waals surface area contributed by atoms with E-state index in [2.05, 4.69) is 10.3 Å². The summed E-state index contributed by atoms with van der Waals surface area (Å²) in [6, 6.07) is 11.4. The van der Waals surface area contributed by atoms with E-state index >= 15 is 0 Å². The number of carbonyl (C=O) groups excluding carboxylic acids is 1. The number of halogens is 2. The molecule has 0 spiro atoms. The Morgan fingerprint density at radius 1 is 1.26 bits per heavy atom. The van der Waals surface area contributed by atoms with Crippen molar-refractivity contribution in [3.8, 4) is 16.3 Å². The summed E-state index contributed by atoms with van der Waals surface area (Å²) in [5.74, 6) is 0.109. The molecule has 1 N–H and O–H groups in total. The van der Waals surface area contributed by atoms with Crippen molar-refractivity contribution in [2.75, 3.05) is 6.61 Å². The Labute approximate surface area is 166 Å². The van der Waals surface area contributed by atoms with Gasteiger partial charge >= 0.3 is 0 Å². The van der Waals surface area contributed by atoms with Crippen molar-refractivity contribution in [1.82, 2.24) is 10.3 Å². The molecule has 3 aromatic rings. The summed E-state index contributed by atoms with van der Waals surface area (Å²) in [7, 11) is 0. The molecule has 0 aliphatic carbocycles. The van der Waals surface area contributed by atoms with Crippen LogP contribution in [-0.2, 0) is 6.54 Å². The number of nitrogens with one attached hydrogen (secondary N) is 1. The molecule has 0 saturated carbocycles. The molecule has 1 heterocycles. The van der Waals surface area contributed by atoms with Gasteiger partial charge in [-0.05, 0) is 42.3 Å². The highest BCUT2D eigenvalue weighted by Crippen LogP contribution is 2.33. The van der Waals surface area contributed by atoms with Gasteiger partial charge in [0.2, 0.25) is 0 Å². The van der Waals surface area contributed by atoms with E-state index in [4.69, 9.17) is 16.3 Å². The van der Waals surface area contributed by atoms with E-state index in [9.17, 15) is 9.18 Å². The SMILES string of the molecule is CCCOc1ccc(-c2nc(C(=O)NCc3ccc(F)cc3)cs2)c(Cl)c1. The molecule has 0 aliphatic rings. The second-order valence-corrected chi connectivity index (χ2v) is 7.10. The summed E-state index contributed by atoms with van der Waals surface area (Å²) in [5, 5.41) is 5.65. The van der Waals surface area contributed by atoms with Gasteiger partial charge in [0.15, 0.2) is 0 Å². The van der Waals surface area contributed by atoms with E-state index in [1.165, 1.54) is 23.5 Å². The van der Waals surface area contributed by atoms with Crippen LogP contribution < -0.4 is 10.1 Å². The monoisotopic (exact) mass is 404 g/mol. The highest BCUT2D eigenvalue weighted by Gasteiger charge is 2.14. The fraction of sp³-hybridized carbons (Fsp3) is 0.200. The normalized spacial score (nSPS) is 10.6. The lowest BCUT2D eigenvalue weighted by Gasteiger charge is -2.07. The molecular weight excluding hydrogens is 387 g/mol.